The van der Waals surface area contributed by atoms with Crippen LogP contribution < -0.4 is 0 Å². The number of carboxylic acids is 1. The van der Waals surface area contributed by atoms with Gasteiger partial charge in [0.2, 0.25) is 5.91 Å². The first-order chi connectivity index (χ1) is 8.91. The molecule has 0 aromatic rings. The highest BCUT2D eigenvalue weighted by molar-refractivity contribution is 5.86. The highest BCUT2D eigenvalue weighted by Gasteiger charge is 2.43. The van der Waals surface area contributed by atoms with Gasteiger partial charge in [0, 0.05) is 12.0 Å². The van der Waals surface area contributed by atoms with Crippen molar-refractivity contribution in [3.8, 4) is 0 Å². The number of amides is 1. The molecule has 0 heterocycles. The molecule has 1 N–H and O–H groups in total. The maximum atomic E-state index is 12.7. The lowest BCUT2D eigenvalue weighted by Gasteiger charge is -2.34. The monoisotopic (exact) mass is 267 g/mol. The lowest BCUT2D eigenvalue weighted by atomic mass is 9.77. The first kappa shape index (κ1) is 15.7. The Morgan fingerprint density at radius 2 is 1.95 bits per heavy atom. The Bertz CT molecular complexity index is 343. The van der Waals surface area contributed by atoms with Crippen LogP contribution in [0.4, 0.5) is 0 Å². The predicted molar refractivity (Wildman–Crippen MR) is 74.8 cm³/mol. The van der Waals surface area contributed by atoms with Gasteiger partial charge >= 0.3 is 5.97 Å². The topological polar surface area (TPSA) is 57.6 Å². The average Bonchev–Trinajstić information content (AvgIpc) is 2.75. The van der Waals surface area contributed by atoms with Crippen LogP contribution in [0.1, 0.15) is 46.0 Å². The number of aliphatic carboxylic acids is 1. The molecule has 0 saturated heterocycles. The minimum absolute atomic E-state index is 0.000926. The maximum Gasteiger partial charge on any atom is 0.323 e. The van der Waals surface area contributed by atoms with Crippen LogP contribution in [0.3, 0.4) is 0 Å². The van der Waals surface area contributed by atoms with Crippen molar-refractivity contribution < 1.29 is 14.7 Å². The summed E-state index contributed by atoms with van der Waals surface area (Å²) in [6, 6.07) is 0. The summed E-state index contributed by atoms with van der Waals surface area (Å²) in [4.78, 5) is 25.1. The second-order valence-electron chi connectivity index (χ2n) is 5.95. The van der Waals surface area contributed by atoms with Gasteiger partial charge in [-0.25, -0.2) is 0 Å². The van der Waals surface area contributed by atoms with Crippen LogP contribution in [0.15, 0.2) is 12.7 Å². The van der Waals surface area contributed by atoms with Gasteiger partial charge in [-0.3, -0.25) is 9.59 Å². The summed E-state index contributed by atoms with van der Waals surface area (Å²) in [5, 5.41) is 8.94. The zero-order valence-electron chi connectivity index (χ0n) is 12.0. The van der Waals surface area contributed by atoms with E-state index in [1.807, 2.05) is 0 Å². The maximum absolute atomic E-state index is 12.7. The predicted octanol–water partition coefficient (Wildman–Crippen LogP) is 2.69. The Morgan fingerprint density at radius 3 is 2.37 bits per heavy atom. The van der Waals surface area contributed by atoms with Gasteiger partial charge in [-0.05, 0) is 25.2 Å². The average molecular weight is 267 g/mol. The fraction of sp³-hybridized carbons (Fsp3) is 0.733. The van der Waals surface area contributed by atoms with Crippen LogP contribution in [-0.2, 0) is 9.59 Å². The largest absolute Gasteiger partial charge is 0.480 e. The molecule has 0 atom stereocenters. The molecule has 19 heavy (non-hydrogen) atoms. The highest BCUT2D eigenvalue weighted by Crippen LogP contribution is 2.44. The molecule has 4 nitrogen and oxygen atoms in total. The van der Waals surface area contributed by atoms with E-state index >= 15 is 0 Å². The van der Waals surface area contributed by atoms with Crippen molar-refractivity contribution in [2.75, 3.05) is 13.1 Å². The number of hydrogen-bond donors (Lipinski definition) is 1. The van der Waals surface area contributed by atoms with E-state index in [9.17, 15) is 9.59 Å². The summed E-state index contributed by atoms with van der Waals surface area (Å²) in [6.45, 7) is 7.92. The molecule has 1 aliphatic rings. The van der Waals surface area contributed by atoms with Gasteiger partial charge in [0.1, 0.15) is 6.54 Å². The van der Waals surface area contributed by atoms with Crippen LogP contribution in [0.2, 0.25) is 0 Å². The molecule has 108 valence electrons. The molecule has 0 unspecified atom stereocenters. The van der Waals surface area contributed by atoms with Gasteiger partial charge in [-0.1, -0.05) is 32.8 Å². The summed E-state index contributed by atoms with van der Waals surface area (Å²) in [7, 11) is 0. The van der Waals surface area contributed by atoms with Crippen LogP contribution in [0.25, 0.3) is 0 Å². The van der Waals surface area contributed by atoms with Crippen molar-refractivity contribution in [3.05, 3.63) is 12.7 Å². The van der Waals surface area contributed by atoms with Gasteiger partial charge in [-0.15, -0.1) is 6.58 Å². The Hall–Kier alpha value is -1.32. The van der Waals surface area contributed by atoms with Gasteiger partial charge < -0.3 is 10.0 Å². The second-order valence-corrected chi connectivity index (χ2v) is 5.95. The van der Waals surface area contributed by atoms with Gasteiger partial charge in [-0.2, -0.15) is 0 Å². The Kier molecular flexibility index (Phi) is 5.58. The first-order valence-corrected chi connectivity index (χ1v) is 7.03. The van der Waals surface area contributed by atoms with Crippen LogP contribution in [-0.4, -0.2) is 35.0 Å². The summed E-state index contributed by atoms with van der Waals surface area (Å²) in [5.41, 5.74) is -0.341. The van der Waals surface area contributed by atoms with Gasteiger partial charge in [0.25, 0.3) is 0 Å². The second kappa shape index (κ2) is 6.73. The third kappa shape index (κ3) is 4.08. The molecule has 1 aliphatic carbocycles. The fourth-order valence-electron chi connectivity index (χ4n) is 3.21. The lowest BCUT2D eigenvalue weighted by molar-refractivity contribution is -0.150. The third-order valence-corrected chi connectivity index (χ3v) is 3.78. The van der Waals surface area contributed by atoms with Crippen molar-refractivity contribution in [2.24, 2.45) is 11.3 Å². The quantitative estimate of drug-likeness (QED) is 0.721. The summed E-state index contributed by atoms with van der Waals surface area (Å²) in [6.07, 6.45) is 6.34. The van der Waals surface area contributed by atoms with Gasteiger partial charge in [0.05, 0.1) is 0 Å². The van der Waals surface area contributed by atoms with Crippen molar-refractivity contribution in [2.45, 2.75) is 46.0 Å². The molecule has 4 heteroatoms. The van der Waals surface area contributed by atoms with Crippen molar-refractivity contribution in [1.29, 1.82) is 0 Å². The molecule has 0 spiro atoms. The molecule has 0 aromatic heterocycles. The lowest BCUT2D eigenvalue weighted by Crippen LogP contribution is -2.45. The molecule has 0 bridgehead atoms. The number of carbonyl (C=O) groups is 2. The number of carbonyl (C=O) groups excluding carboxylic acids is 1. The molecular formula is C15H25NO3. The normalized spacial score (nSPS) is 17.4. The Balaban J connectivity index is 2.89. The number of carboxylic acid groups (broad SMARTS) is 1. The van der Waals surface area contributed by atoms with Crippen molar-refractivity contribution in [1.82, 2.24) is 4.90 Å². The third-order valence-electron chi connectivity index (χ3n) is 3.78. The minimum Gasteiger partial charge on any atom is -0.480 e. The van der Waals surface area contributed by atoms with Crippen LogP contribution in [0, 0.1) is 11.3 Å². The molecule has 1 saturated carbocycles. The zero-order valence-corrected chi connectivity index (χ0v) is 12.0. The fourth-order valence-corrected chi connectivity index (χ4v) is 3.21. The number of nitrogens with zero attached hydrogens (tertiary/aromatic N) is 1. The summed E-state index contributed by atoms with van der Waals surface area (Å²) < 4.78 is 0. The minimum atomic E-state index is -0.965. The van der Waals surface area contributed by atoms with E-state index in [0.29, 0.717) is 12.5 Å². The van der Waals surface area contributed by atoms with Crippen molar-refractivity contribution >= 4 is 11.9 Å². The molecule has 1 fully saturated rings. The zero-order chi connectivity index (χ0) is 14.5. The molecule has 1 rings (SSSR count). The highest BCUT2D eigenvalue weighted by atomic mass is 16.4. The van der Waals surface area contributed by atoms with E-state index in [2.05, 4.69) is 20.4 Å². The Labute approximate surface area is 115 Å². The number of hydrogen-bond acceptors (Lipinski definition) is 2. The van der Waals surface area contributed by atoms with E-state index in [-0.39, 0.29) is 17.9 Å². The summed E-state index contributed by atoms with van der Waals surface area (Å²) in [5.74, 6) is -0.522. The van der Waals surface area contributed by atoms with E-state index in [0.717, 1.165) is 32.1 Å². The van der Waals surface area contributed by atoms with E-state index in [1.165, 1.54) is 4.90 Å². The smallest absolute Gasteiger partial charge is 0.323 e. The molecule has 1 amide bonds. The van der Waals surface area contributed by atoms with Crippen LogP contribution >= 0.6 is 0 Å². The first-order valence-electron chi connectivity index (χ1n) is 7.03. The van der Waals surface area contributed by atoms with Gasteiger partial charge in [0.15, 0.2) is 0 Å². The molecule has 0 aliphatic heterocycles. The molecule has 0 radical (unpaired) electrons. The molecule has 0 aromatic carbocycles. The SMILES string of the molecule is C=CCN(CC(=O)O)C(=O)C1(CC(C)C)CCCC1. The summed E-state index contributed by atoms with van der Waals surface area (Å²) >= 11 is 0. The number of rotatable bonds is 7. The van der Waals surface area contributed by atoms with E-state index < -0.39 is 5.97 Å². The van der Waals surface area contributed by atoms with Crippen molar-refractivity contribution in [3.63, 3.8) is 0 Å². The molecular weight excluding hydrogens is 242 g/mol. The Morgan fingerprint density at radius 1 is 1.37 bits per heavy atom. The van der Waals surface area contributed by atoms with Crippen LogP contribution in [0.5, 0.6) is 0 Å². The van der Waals surface area contributed by atoms with E-state index in [4.69, 9.17) is 5.11 Å². The van der Waals surface area contributed by atoms with E-state index in [1.54, 1.807) is 6.08 Å². The standard InChI is InChI=1S/C15H25NO3/c1-4-9-16(11-13(17)18)14(19)15(10-12(2)3)7-5-6-8-15/h4,12H,1,5-11H2,2-3H3,(H,17,18).